The van der Waals surface area contributed by atoms with Crippen molar-refractivity contribution < 1.29 is 27.5 Å². The Hall–Kier alpha value is -2.25. The summed E-state index contributed by atoms with van der Waals surface area (Å²) in [5.74, 6) is -0.133. The lowest BCUT2D eigenvalue weighted by Crippen LogP contribution is -2.64. The molecule has 0 radical (unpaired) electrons. The van der Waals surface area contributed by atoms with Crippen LogP contribution in [0.2, 0.25) is 0 Å². The smallest absolute Gasteiger partial charge is 0.416 e. The highest BCUT2D eigenvalue weighted by Gasteiger charge is 2.60. The number of cyclic esters (lactones) is 1. The normalized spacial score (nSPS) is 32.7. The lowest BCUT2D eigenvalue weighted by molar-refractivity contribution is -0.165. The summed E-state index contributed by atoms with van der Waals surface area (Å²) < 4.78 is 43.8. The molecule has 2 aliphatic heterocycles. The third-order valence-corrected chi connectivity index (χ3v) is 7.28. The molecule has 2 saturated heterocycles. The van der Waals surface area contributed by atoms with E-state index in [2.05, 4.69) is 5.32 Å². The van der Waals surface area contributed by atoms with Crippen molar-refractivity contribution in [2.45, 2.75) is 56.3 Å². The Kier molecular flexibility index (Phi) is 3.96. The van der Waals surface area contributed by atoms with E-state index < -0.39 is 23.4 Å². The van der Waals surface area contributed by atoms with Crippen molar-refractivity contribution in [1.29, 1.82) is 0 Å². The van der Waals surface area contributed by atoms with Gasteiger partial charge in [0.15, 0.2) is 0 Å². The number of alkyl halides is 3. The zero-order valence-corrected chi connectivity index (χ0v) is 15.9. The van der Waals surface area contributed by atoms with Crippen LogP contribution in [0.25, 0.3) is 0 Å². The average Bonchev–Trinajstić information content (AvgIpc) is 3.26. The van der Waals surface area contributed by atoms with Crippen molar-refractivity contribution in [3.63, 3.8) is 0 Å². The molecule has 1 N–H and O–H groups in total. The van der Waals surface area contributed by atoms with E-state index in [1.807, 2.05) is 4.90 Å². The number of carbonyl (C=O) groups excluding carboxylic acids is 2. The molecule has 4 aliphatic rings. The highest BCUT2D eigenvalue weighted by atomic mass is 19.4. The molecule has 1 aromatic rings. The first-order chi connectivity index (χ1) is 13.7. The second-order valence-corrected chi connectivity index (χ2v) is 9.14. The monoisotopic (exact) mass is 408 g/mol. The van der Waals surface area contributed by atoms with E-state index in [-0.39, 0.29) is 23.3 Å². The lowest BCUT2D eigenvalue weighted by Gasteiger charge is -2.58. The van der Waals surface area contributed by atoms with Gasteiger partial charge in [-0.05, 0) is 43.4 Å². The van der Waals surface area contributed by atoms with Crippen LogP contribution in [0.1, 0.15) is 55.7 Å². The van der Waals surface area contributed by atoms with Crippen LogP contribution in [0.3, 0.4) is 0 Å². The van der Waals surface area contributed by atoms with E-state index in [0.717, 1.165) is 43.4 Å². The molecule has 2 saturated carbocycles. The van der Waals surface area contributed by atoms with Gasteiger partial charge in [0.25, 0.3) is 0 Å². The molecule has 2 aliphatic carbocycles. The van der Waals surface area contributed by atoms with Gasteiger partial charge in [-0.3, -0.25) is 4.79 Å². The fourth-order valence-corrected chi connectivity index (χ4v) is 5.84. The number of carbonyl (C=O) groups is 2. The fourth-order valence-electron chi connectivity index (χ4n) is 5.84. The molecule has 2 heterocycles. The van der Waals surface area contributed by atoms with Gasteiger partial charge in [0.05, 0.1) is 17.1 Å². The fraction of sp³-hybridized carbons (Fsp3) is 0.619. The Balaban J connectivity index is 1.35. The van der Waals surface area contributed by atoms with Gasteiger partial charge in [0.1, 0.15) is 6.61 Å². The van der Waals surface area contributed by atoms with Gasteiger partial charge in [0.2, 0.25) is 5.91 Å². The average molecular weight is 408 g/mol. The van der Waals surface area contributed by atoms with Crippen LogP contribution in [-0.4, -0.2) is 35.6 Å². The molecule has 0 aromatic heterocycles. The topological polar surface area (TPSA) is 58.6 Å². The molecule has 0 unspecified atom stereocenters. The maximum absolute atomic E-state index is 13.2. The quantitative estimate of drug-likeness (QED) is 0.804. The number of halogens is 3. The van der Waals surface area contributed by atoms with Crippen molar-refractivity contribution in [2.75, 3.05) is 13.2 Å². The van der Waals surface area contributed by atoms with E-state index in [1.54, 1.807) is 0 Å². The Morgan fingerprint density at radius 1 is 1.14 bits per heavy atom. The van der Waals surface area contributed by atoms with Crippen LogP contribution < -0.4 is 5.32 Å². The van der Waals surface area contributed by atoms with E-state index in [0.29, 0.717) is 26.0 Å². The molecular formula is C21H23F3N2O3. The van der Waals surface area contributed by atoms with E-state index in [9.17, 15) is 22.8 Å². The van der Waals surface area contributed by atoms with Crippen LogP contribution in [0.5, 0.6) is 0 Å². The largest absolute Gasteiger partial charge is 0.447 e. The first-order valence-electron chi connectivity index (χ1n) is 10.1. The lowest BCUT2D eigenvalue weighted by atomic mass is 9.64. The van der Waals surface area contributed by atoms with Gasteiger partial charge in [-0.15, -0.1) is 0 Å². The number of ether oxygens (including phenoxy) is 1. The number of hydrogen-bond acceptors (Lipinski definition) is 3. The van der Waals surface area contributed by atoms with Crippen LogP contribution in [-0.2, 0) is 15.7 Å². The maximum Gasteiger partial charge on any atom is 0.416 e. The SMILES string of the molecule is O=C1NC2(CO1)CC(C(=O)N1CC3(CCCC3)[C@H]1c1ccc(C(F)(F)F)cc1)C2. The van der Waals surface area contributed by atoms with Crippen LogP contribution in [0.4, 0.5) is 18.0 Å². The van der Waals surface area contributed by atoms with Gasteiger partial charge < -0.3 is 15.0 Å². The molecule has 4 fully saturated rings. The molecule has 1 aromatic carbocycles. The van der Waals surface area contributed by atoms with E-state index >= 15 is 0 Å². The third-order valence-electron chi connectivity index (χ3n) is 7.28. The molecule has 2 spiro atoms. The Labute approximate surface area is 166 Å². The molecule has 5 nitrogen and oxygen atoms in total. The second kappa shape index (κ2) is 6.12. The summed E-state index contributed by atoms with van der Waals surface area (Å²) in [6.07, 6.45) is 0.493. The summed E-state index contributed by atoms with van der Waals surface area (Å²) in [7, 11) is 0. The third kappa shape index (κ3) is 2.90. The Morgan fingerprint density at radius 3 is 2.34 bits per heavy atom. The van der Waals surface area contributed by atoms with Crippen molar-refractivity contribution in [1.82, 2.24) is 10.2 Å². The van der Waals surface area contributed by atoms with Crippen LogP contribution >= 0.6 is 0 Å². The number of nitrogens with zero attached hydrogens (tertiary/aromatic N) is 1. The zero-order chi connectivity index (χ0) is 20.4. The molecule has 29 heavy (non-hydrogen) atoms. The Bertz CT molecular complexity index is 840. The highest BCUT2D eigenvalue weighted by Crippen LogP contribution is 2.59. The molecule has 2 amide bonds. The van der Waals surface area contributed by atoms with Crippen molar-refractivity contribution >= 4 is 12.0 Å². The van der Waals surface area contributed by atoms with Crippen molar-refractivity contribution in [3.05, 3.63) is 35.4 Å². The van der Waals surface area contributed by atoms with Crippen molar-refractivity contribution in [3.8, 4) is 0 Å². The number of alkyl carbamates (subject to hydrolysis) is 1. The number of amides is 2. The predicted molar refractivity (Wildman–Crippen MR) is 96.7 cm³/mol. The van der Waals surface area contributed by atoms with Gasteiger partial charge in [-0.1, -0.05) is 25.0 Å². The number of nitrogens with one attached hydrogen (secondary N) is 1. The summed E-state index contributed by atoms with van der Waals surface area (Å²) in [4.78, 5) is 26.3. The first kappa shape index (κ1) is 18.8. The number of rotatable bonds is 2. The van der Waals surface area contributed by atoms with E-state index in [1.165, 1.54) is 12.1 Å². The highest BCUT2D eigenvalue weighted by molar-refractivity contribution is 5.83. The molecule has 1 atom stereocenters. The van der Waals surface area contributed by atoms with Gasteiger partial charge in [-0.25, -0.2) is 4.79 Å². The summed E-state index contributed by atoms with van der Waals surface area (Å²) in [6, 6.07) is 5.12. The summed E-state index contributed by atoms with van der Waals surface area (Å²) >= 11 is 0. The summed E-state index contributed by atoms with van der Waals surface area (Å²) in [5, 5.41) is 2.80. The number of hydrogen-bond donors (Lipinski definition) is 1. The van der Waals surface area contributed by atoms with E-state index in [4.69, 9.17) is 4.74 Å². The summed E-state index contributed by atoms with van der Waals surface area (Å²) in [6.45, 7) is 0.964. The minimum absolute atomic E-state index is 0.0124. The first-order valence-corrected chi connectivity index (χ1v) is 10.1. The summed E-state index contributed by atoms with van der Waals surface area (Å²) in [5.41, 5.74) is -0.318. The van der Waals surface area contributed by atoms with Gasteiger partial charge in [0, 0.05) is 17.9 Å². The Morgan fingerprint density at radius 2 is 1.79 bits per heavy atom. The standard InChI is InChI=1S/C21H23F3N2O3/c22-21(23,24)15-5-3-13(4-6-15)16-19(7-1-2-8-19)11-26(16)17(27)14-9-20(10-14)12-29-18(28)25-20/h3-6,14,16H,1-2,7-12H2,(H,25,28)/t14?,16-,20?/m1/s1. The molecular weight excluding hydrogens is 385 g/mol. The molecule has 0 bridgehead atoms. The second-order valence-electron chi connectivity index (χ2n) is 9.14. The predicted octanol–water partition coefficient (Wildman–Crippen LogP) is 4.04. The number of benzene rings is 1. The van der Waals surface area contributed by atoms with Crippen LogP contribution in [0, 0.1) is 11.3 Å². The van der Waals surface area contributed by atoms with Crippen LogP contribution in [0.15, 0.2) is 24.3 Å². The molecule has 5 rings (SSSR count). The zero-order valence-electron chi connectivity index (χ0n) is 15.9. The molecule has 8 heteroatoms. The minimum atomic E-state index is -4.37. The van der Waals surface area contributed by atoms with Gasteiger partial charge >= 0.3 is 12.3 Å². The van der Waals surface area contributed by atoms with Crippen molar-refractivity contribution in [2.24, 2.45) is 11.3 Å². The minimum Gasteiger partial charge on any atom is -0.447 e. The molecule has 156 valence electrons. The van der Waals surface area contributed by atoms with Gasteiger partial charge in [-0.2, -0.15) is 13.2 Å². The number of likely N-dealkylation sites (tertiary alicyclic amines) is 1. The maximum atomic E-state index is 13.2.